The smallest absolute Gasteiger partial charge is 0.0738 e. The quantitative estimate of drug-likeness (QED) is 0.148. The van der Waals surface area contributed by atoms with Gasteiger partial charge in [0.1, 0.15) is 0 Å². The topological polar surface area (TPSA) is 0 Å². The van der Waals surface area contributed by atoms with E-state index in [1.807, 2.05) is 0 Å². The Balaban J connectivity index is 1.12. The second kappa shape index (κ2) is 14.3. The van der Waals surface area contributed by atoms with Gasteiger partial charge >= 0.3 is 0 Å². The molecule has 7 aromatic carbocycles. The second-order valence-corrected chi connectivity index (χ2v) is 17.0. The molecule has 0 heterocycles. The Morgan fingerprint density at radius 3 is 1.93 bits per heavy atom. The van der Waals surface area contributed by atoms with E-state index in [1.54, 1.807) is 0 Å². The van der Waals surface area contributed by atoms with Crippen molar-refractivity contribution < 1.29 is 0 Å². The average molecular weight is 757 g/mol. The fraction of sp³-hybridized carbons (Fsp3) is 0.153. The maximum atomic E-state index is 6.60. The summed E-state index contributed by atoms with van der Waals surface area (Å²) in [7, 11) is 0. The Bertz CT molecular complexity index is 2970. The van der Waals surface area contributed by atoms with Gasteiger partial charge in [-0.05, 0) is 147 Å². The first-order valence-electron chi connectivity index (χ1n) is 21.1. The van der Waals surface area contributed by atoms with Crippen molar-refractivity contribution in [1.29, 1.82) is 0 Å². The average Bonchev–Trinajstić information content (AvgIpc) is 3.72. The van der Waals surface area contributed by atoms with Gasteiger partial charge in [-0.15, -0.1) is 6.42 Å². The first kappa shape index (κ1) is 36.6. The van der Waals surface area contributed by atoms with Crippen molar-refractivity contribution in [2.24, 2.45) is 0 Å². The fourth-order valence-corrected chi connectivity index (χ4v) is 10.3. The SMILES string of the molecule is C#CC1=C(c2ccccc2C)C2(c3cc(-c4ccc(C)cc4)ccc31)c1ccccc1-c1cc(-c3ccc(C(C)c4ccc(C)cc4C4=C(C)CCC=C4)cc3)ccc12. The lowest BCUT2D eigenvalue weighted by molar-refractivity contribution is 0.841. The van der Waals surface area contributed by atoms with Crippen LogP contribution >= 0.6 is 0 Å². The molecule has 0 radical (unpaired) electrons. The van der Waals surface area contributed by atoms with Gasteiger partial charge in [0.05, 0.1) is 5.41 Å². The Morgan fingerprint density at radius 1 is 0.542 bits per heavy atom. The molecule has 2 unspecified atom stereocenters. The predicted octanol–water partition coefficient (Wildman–Crippen LogP) is 15.1. The molecule has 0 saturated carbocycles. The molecule has 0 amide bonds. The molecule has 284 valence electrons. The second-order valence-electron chi connectivity index (χ2n) is 17.0. The molecule has 10 rings (SSSR count). The van der Waals surface area contributed by atoms with Gasteiger partial charge in [0.25, 0.3) is 0 Å². The molecule has 0 aliphatic heterocycles. The molecule has 7 aromatic rings. The number of hydrogen-bond donors (Lipinski definition) is 0. The lowest BCUT2D eigenvalue weighted by Crippen LogP contribution is -2.27. The highest BCUT2D eigenvalue weighted by molar-refractivity contribution is 6.14. The Morgan fingerprint density at radius 2 is 1.19 bits per heavy atom. The maximum Gasteiger partial charge on any atom is 0.0738 e. The molecule has 0 aromatic heterocycles. The predicted molar refractivity (Wildman–Crippen MR) is 250 cm³/mol. The van der Waals surface area contributed by atoms with E-state index in [0.29, 0.717) is 0 Å². The normalized spacial score (nSPS) is 16.9. The number of hydrogen-bond acceptors (Lipinski definition) is 0. The number of aryl methyl sites for hydroxylation is 3. The zero-order valence-electron chi connectivity index (χ0n) is 34.7. The van der Waals surface area contributed by atoms with Crippen LogP contribution in [0.1, 0.15) is 93.8 Å². The molecule has 0 N–H and O–H groups in total. The highest BCUT2D eigenvalue weighted by Gasteiger charge is 2.53. The van der Waals surface area contributed by atoms with Crippen molar-refractivity contribution in [2.75, 3.05) is 0 Å². The number of rotatable bonds is 6. The molecular weight excluding hydrogens is 709 g/mol. The minimum absolute atomic E-state index is 0.256. The van der Waals surface area contributed by atoms with Crippen LogP contribution in [0.2, 0.25) is 0 Å². The van der Waals surface area contributed by atoms with Gasteiger partial charge in [0, 0.05) is 11.5 Å². The molecule has 59 heavy (non-hydrogen) atoms. The number of terminal acetylenes is 1. The zero-order chi connectivity index (χ0) is 40.4. The lowest BCUT2D eigenvalue weighted by atomic mass is 9.67. The molecule has 3 aliphatic rings. The maximum absolute atomic E-state index is 6.60. The summed E-state index contributed by atoms with van der Waals surface area (Å²) in [4.78, 5) is 0. The molecule has 0 bridgehead atoms. The monoisotopic (exact) mass is 756 g/mol. The van der Waals surface area contributed by atoms with Crippen LogP contribution in [0.4, 0.5) is 0 Å². The summed E-state index contributed by atoms with van der Waals surface area (Å²) in [6, 6.07) is 57.0. The molecule has 1 spiro atoms. The van der Waals surface area contributed by atoms with Crippen LogP contribution in [-0.2, 0) is 5.41 Å². The molecule has 0 saturated heterocycles. The van der Waals surface area contributed by atoms with E-state index in [4.69, 9.17) is 6.42 Å². The highest BCUT2D eigenvalue weighted by atomic mass is 14.5. The standard InChI is InChI=1S/C59H48/c1-7-47-52-32-29-46(43-23-20-37(2)21-24-43)36-57(52)59(58(47)49-17-11-9-15-40(49)5)55-19-13-12-18-51(55)54-35-45(30-33-56(54)59)44-27-25-42(26-28-44)41(6)50-31-22-38(3)34-53(50)48-16-10-8-14-39(48)4/h1,9-13,15-36,41H,8,14H2,2-6H3. The number of allylic oxidation sites excluding steroid dienone is 6. The highest BCUT2D eigenvalue weighted by Crippen LogP contribution is 2.65. The first-order chi connectivity index (χ1) is 28.8. The molecule has 0 heteroatoms. The van der Waals surface area contributed by atoms with Crippen molar-refractivity contribution in [1.82, 2.24) is 0 Å². The van der Waals surface area contributed by atoms with Crippen molar-refractivity contribution in [2.45, 2.75) is 58.8 Å². The summed E-state index contributed by atoms with van der Waals surface area (Å²) in [5.41, 5.74) is 25.8. The van der Waals surface area contributed by atoms with Crippen LogP contribution in [-0.4, -0.2) is 0 Å². The fourth-order valence-electron chi connectivity index (χ4n) is 10.3. The van der Waals surface area contributed by atoms with Crippen LogP contribution in [0.5, 0.6) is 0 Å². The molecule has 0 fully saturated rings. The van der Waals surface area contributed by atoms with Crippen LogP contribution in [0.25, 0.3) is 50.1 Å². The number of fused-ring (bicyclic) bond motifs is 7. The van der Waals surface area contributed by atoms with Gasteiger partial charge in [-0.1, -0.05) is 181 Å². The van der Waals surface area contributed by atoms with Gasteiger partial charge in [0.15, 0.2) is 0 Å². The number of benzene rings is 7. The van der Waals surface area contributed by atoms with Crippen LogP contribution in [0.15, 0.2) is 169 Å². The van der Waals surface area contributed by atoms with Crippen molar-refractivity contribution in [3.63, 3.8) is 0 Å². The van der Waals surface area contributed by atoms with E-state index in [0.717, 1.165) is 24.0 Å². The molecule has 0 nitrogen and oxygen atoms in total. The summed E-state index contributed by atoms with van der Waals surface area (Å²) >= 11 is 0. The molecular formula is C59H48. The van der Waals surface area contributed by atoms with Crippen LogP contribution < -0.4 is 0 Å². The summed E-state index contributed by atoms with van der Waals surface area (Å²) in [6.07, 6.45) is 13.5. The Hall–Kier alpha value is -6.68. The summed E-state index contributed by atoms with van der Waals surface area (Å²) in [6.45, 7) is 11.2. The minimum atomic E-state index is -0.583. The first-order valence-corrected chi connectivity index (χ1v) is 21.1. The summed E-state index contributed by atoms with van der Waals surface area (Å²) in [5, 5.41) is 0. The Labute approximate surface area is 350 Å². The lowest BCUT2D eigenvalue weighted by Gasteiger charge is -2.34. The van der Waals surface area contributed by atoms with E-state index < -0.39 is 5.41 Å². The third-order valence-corrected chi connectivity index (χ3v) is 13.4. The van der Waals surface area contributed by atoms with Crippen LogP contribution in [0, 0.1) is 33.1 Å². The van der Waals surface area contributed by atoms with Crippen molar-refractivity contribution >= 4 is 16.7 Å². The zero-order valence-corrected chi connectivity index (χ0v) is 34.7. The van der Waals surface area contributed by atoms with E-state index in [1.165, 1.54) is 106 Å². The largest absolute Gasteiger partial charge is 0.115 e. The van der Waals surface area contributed by atoms with E-state index in [2.05, 4.69) is 204 Å². The van der Waals surface area contributed by atoms with E-state index in [-0.39, 0.29) is 5.92 Å². The van der Waals surface area contributed by atoms with Gasteiger partial charge < -0.3 is 0 Å². The summed E-state index contributed by atoms with van der Waals surface area (Å²) < 4.78 is 0. The minimum Gasteiger partial charge on any atom is -0.115 e. The van der Waals surface area contributed by atoms with Crippen molar-refractivity contribution in [3.05, 3.63) is 231 Å². The third kappa shape index (κ3) is 5.75. The van der Waals surface area contributed by atoms with Gasteiger partial charge in [0.2, 0.25) is 0 Å². The van der Waals surface area contributed by atoms with Crippen molar-refractivity contribution in [3.8, 4) is 45.7 Å². The van der Waals surface area contributed by atoms with E-state index >= 15 is 0 Å². The van der Waals surface area contributed by atoms with Gasteiger partial charge in [-0.25, -0.2) is 0 Å². The van der Waals surface area contributed by atoms with Crippen LogP contribution in [0.3, 0.4) is 0 Å². The molecule has 2 atom stereocenters. The third-order valence-electron chi connectivity index (χ3n) is 13.4. The molecule has 3 aliphatic carbocycles. The van der Waals surface area contributed by atoms with Gasteiger partial charge in [-0.2, -0.15) is 0 Å². The summed E-state index contributed by atoms with van der Waals surface area (Å²) in [5.74, 6) is 3.50. The van der Waals surface area contributed by atoms with E-state index in [9.17, 15) is 0 Å². The Kier molecular flexibility index (Phi) is 8.88. The van der Waals surface area contributed by atoms with Gasteiger partial charge in [-0.3, -0.25) is 0 Å².